The van der Waals surface area contributed by atoms with Crippen LogP contribution in [0, 0.1) is 5.92 Å². The predicted octanol–water partition coefficient (Wildman–Crippen LogP) is 3.73. The van der Waals surface area contributed by atoms with Crippen molar-refractivity contribution in [1.82, 2.24) is 24.9 Å². The Balaban J connectivity index is 1.20. The zero-order chi connectivity index (χ0) is 27.4. The van der Waals surface area contributed by atoms with Gasteiger partial charge < -0.3 is 9.80 Å². The van der Waals surface area contributed by atoms with Gasteiger partial charge in [0.15, 0.2) is 0 Å². The Labute approximate surface area is 232 Å². The minimum atomic E-state index is -0.870. The minimum absolute atomic E-state index is 0.0269. The Morgan fingerprint density at radius 1 is 0.975 bits per heavy atom. The van der Waals surface area contributed by atoms with E-state index >= 15 is 0 Å². The third-order valence-electron chi connectivity index (χ3n) is 8.76. The standard InChI is InChI=1S/C31H32N6O3/c1-20(38)35-14-11-31(12-15-35)30(40)37(19-21-10-13-36(18-21)29(39)24-6-7-24)28(33-31)23-4-2-22(3-5-23)25-8-9-27-26(16-25)17-32-34-27/h2-5,8-9,16-17,19,24H,6-7,10-15,18H2,1H3,(H,32,34)/b21-19+. The lowest BCUT2D eigenvalue weighted by atomic mass is 9.87. The second-order valence-electron chi connectivity index (χ2n) is 11.5. The number of piperidine rings is 1. The molecule has 1 N–H and O–H groups in total. The van der Waals surface area contributed by atoms with Gasteiger partial charge in [-0.25, -0.2) is 0 Å². The van der Waals surface area contributed by atoms with Crippen LogP contribution < -0.4 is 0 Å². The SMILES string of the molecule is CC(=O)N1CCC2(CC1)N=C(c1ccc(-c3ccc4[nH]ncc4c3)cc1)N(/C=C1\CCN(C(=O)C3CC3)C1)C2=O. The highest BCUT2D eigenvalue weighted by atomic mass is 16.2. The molecule has 1 saturated carbocycles. The van der Waals surface area contributed by atoms with E-state index in [1.54, 1.807) is 16.7 Å². The molecule has 1 aliphatic carbocycles. The predicted molar refractivity (Wildman–Crippen MR) is 151 cm³/mol. The summed E-state index contributed by atoms with van der Waals surface area (Å²) >= 11 is 0. The molecular formula is C31H32N6O3. The monoisotopic (exact) mass is 536 g/mol. The Morgan fingerprint density at radius 3 is 2.42 bits per heavy atom. The van der Waals surface area contributed by atoms with E-state index in [0.29, 0.717) is 44.9 Å². The molecule has 204 valence electrons. The summed E-state index contributed by atoms with van der Waals surface area (Å²) in [4.78, 5) is 49.1. The summed E-state index contributed by atoms with van der Waals surface area (Å²) in [7, 11) is 0. The van der Waals surface area contributed by atoms with E-state index < -0.39 is 5.54 Å². The molecule has 7 rings (SSSR count). The van der Waals surface area contributed by atoms with Gasteiger partial charge in [-0.2, -0.15) is 5.10 Å². The molecule has 0 radical (unpaired) electrons. The fourth-order valence-corrected chi connectivity index (χ4v) is 6.15. The van der Waals surface area contributed by atoms with E-state index in [2.05, 4.69) is 34.5 Å². The van der Waals surface area contributed by atoms with E-state index in [1.807, 2.05) is 35.5 Å². The van der Waals surface area contributed by atoms with Gasteiger partial charge in [-0.1, -0.05) is 30.3 Å². The summed E-state index contributed by atoms with van der Waals surface area (Å²) in [5, 5.41) is 8.15. The van der Waals surface area contributed by atoms with Crippen LogP contribution in [-0.2, 0) is 14.4 Å². The number of likely N-dealkylation sites (tertiary alicyclic amines) is 2. The van der Waals surface area contributed by atoms with Crippen molar-refractivity contribution in [3.8, 4) is 11.1 Å². The highest BCUT2D eigenvalue weighted by Crippen LogP contribution is 2.37. The van der Waals surface area contributed by atoms with Gasteiger partial charge in [0.1, 0.15) is 11.4 Å². The molecule has 0 unspecified atom stereocenters. The molecule has 3 fully saturated rings. The minimum Gasteiger partial charge on any atom is -0.343 e. The maximum Gasteiger partial charge on any atom is 0.260 e. The summed E-state index contributed by atoms with van der Waals surface area (Å²) in [6, 6.07) is 14.4. The Kier molecular flexibility index (Phi) is 5.83. The molecule has 2 aromatic carbocycles. The van der Waals surface area contributed by atoms with E-state index in [9.17, 15) is 14.4 Å². The number of hydrogen-bond donors (Lipinski definition) is 1. The normalized spacial score (nSPS) is 21.6. The van der Waals surface area contributed by atoms with Crippen LogP contribution in [0.1, 0.15) is 44.6 Å². The van der Waals surface area contributed by atoms with Crippen LogP contribution >= 0.6 is 0 Å². The molecule has 3 amide bonds. The van der Waals surface area contributed by atoms with Crippen molar-refractivity contribution in [1.29, 1.82) is 0 Å². The molecule has 1 spiro atoms. The van der Waals surface area contributed by atoms with Gasteiger partial charge in [0.05, 0.1) is 11.7 Å². The fourth-order valence-electron chi connectivity index (χ4n) is 6.15. The van der Waals surface area contributed by atoms with E-state index in [0.717, 1.165) is 52.4 Å². The number of fused-ring (bicyclic) bond motifs is 1. The largest absolute Gasteiger partial charge is 0.343 e. The molecule has 0 bridgehead atoms. The molecule has 40 heavy (non-hydrogen) atoms. The van der Waals surface area contributed by atoms with Gasteiger partial charge in [0, 0.05) is 56.2 Å². The van der Waals surface area contributed by atoms with Crippen LogP contribution in [0.2, 0.25) is 0 Å². The lowest BCUT2D eigenvalue weighted by Gasteiger charge is -2.35. The second kappa shape index (κ2) is 9.43. The number of carbonyl (C=O) groups excluding carboxylic acids is 3. The molecular weight excluding hydrogens is 504 g/mol. The van der Waals surface area contributed by atoms with E-state index in [-0.39, 0.29) is 23.6 Å². The van der Waals surface area contributed by atoms with Crippen molar-refractivity contribution in [3.63, 3.8) is 0 Å². The van der Waals surface area contributed by atoms with Crippen LogP contribution in [0.4, 0.5) is 0 Å². The number of nitrogens with one attached hydrogen (secondary N) is 1. The smallest absolute Gasteiger partial charge is 0.260 e. The lowest BCUT2D eigenvalue weighted by Crippen LogP contribution is -2.50. The number of benzene rings is 2. The van der Waals surface area contributed by atoms with Crippen LogP contribution in [0.15, 0.2) is 65.4 Å². The fraction of sp³-hybridized carbons (Fsp3) is 0.387. The molecule has 2 saturated heterocycles. The molecule has 1 aromatic heterocycles. The van der Waals surface area contributed by atoms with Gasteiger partial charge in [-0.3, -0.25) is 29.4 Å². The zero-order valence-corrected chi connectivity index (χ0v) is 22.6. The summed E-state index contributed by atoms with van der Waals surface area (Å²) in [6.07, 6.45) is 7.48. The van der Waals surface area contributed by atoms with Crippen LogP contribution in [0.5, 0.6) is 0 Å². The Morgan fingerprint density at radius 2 is 1.70 bits per heavy atom. The number of H-pyrrole nitrogens is 1. The summed E-state index contributed by atoms with van der Waals surface area (Å²) < 4.78 is 0. The van der Waals surface area contributed by atoms with Crippen LogP contribution in [-0.4, -0.2) is 80.2 Å². The maximum atomic E-state index is 14.0. The number of nitrogens with zero attached hydrogens (tertiary/aromatic N) is 5. The Bertz CT molecular complexity index is 1570. The molecule has 0 atom stereocenters. The highest BCUT2D eigenvalue weighted by Gasteiger charge is 2.50. The molecule has 3 aromatic rings. The quantitative estimate of drug-likeness (QED) is 0.549. The third kappa shape index (κ3) is 4.29. The van der Waals surface area contributed by atoms with Crippen molar-refractivity contribution < 1.29 is 14.4 Å². The summed E-state index contributed by atoms with van der Waals surface area (Å²) in [5.74, 6) is 1.05. The first kappa shape index (κ1) is 24.7. The molecule has 9 heteroatoms. The average molecular weight is 537 g/mol. The highest BCUT2D eigenvalue weighted by molar-refractivity contribution is 6.16. The van der Waals surface area contributed by atoms with Gasteiger partial charge in [0.25, 0.3) is 5.91 Å². The van der Waals surface area contributed by atoms with Crippen molar-refractivity contribution >= 4 is 34.5 Å². The second-order valence-corrected chi connectivity index (χ2v) is 11.5. The topological polar surface area (TPSA) is 102 Å². The Hall–Kier alpha value is -4.27. The van der Waals surface area contributed by atoms with Gasteiger partial charge >= 0.3 is 0 Å². The lowest BCUT2D eigenvalue weighted by molar-refractivity contribution is -0.136. The zero-order valence-electron chi connectivity index (χ0n) is 22.6. The van der Waals surface area contributed by atoms with Gasteiger partial charge in [-0.05, 0) is 60.9 Å². The van der Waals surface area contributed by atoms with Crippen molar-refractivity contribution in [3.05, 3.63) is 66.0 Å². The van der Waals surface area contributed by atoms with Crippen molar-refractivity contribution in [2.75, 3.05) is 26.2 Å². The third-order valence-corrected chi connectivity index (χ3v) is 8.76. The first-order valence-electron chi connectivity index (χ1n) is 14.1. The van der Waals surface area contributed by atoms with E-state index in [4.69, 9.17) is 4.99 Å². The number of carbonyl (C=O) groups is 3. The van der Waals surface area contributed by atoms with E-state index in [1.165, 1.54) is 0 Å². The van der Waals surface area contributed by atoms with Crippen LogP contribution in [0.25, 0.3) is 22.0 Å². The first-order chi connectivity index (χ1) is 19.4. The summed E-state index contributed by atoms with van der Waals surface area (Å²) in [6.45, 7) is 3.86. The number of aromatic amines is 1. The first-order valence-corrected chi connectivity index (χ1v) is 14.1. The average Bonchev–Trinajstić information content (AvgIpc) is 3.43. The molecule has 4 heterocycles. The van der Waals surface area contributed by atoms with Crippen LogP contribution in [0.3, 0.4) is 0 Å². The molecule has 9 nitrogen and oxygen atoms in total. The number of amidine groups is 1. The number of rotatable bonds is 4. The summed E-state index contributed by atoms with van der Waals surface area (Å²) in [5.41, 5.74) is 4.21. The van der Waals surface area contributed by atoms with Gasteiger partial charge in [-0.15, -0.1) is 0 Å². The number of amides is 3. The number of aliphatic imine (C=N–C) groups is 1. The maximum absolute atomic E-state index is 14.0. The van der Waals surface area contributed by atoms with Crippen molar-refractivity contribution in [2.45, 2.75) is 44.6 Å². The van der Waals surface area contributed by atoms with Crippen molar-refractivity contribution in [2.24, 2.45) is 10.9 Å². The number of aromatic nitrogens is 2. The molecule has 4 aliphatic rings. The number of hydrogen-bond acceptors (Lipinski definition) is 5. The molecule has 3 aliphatic heterocycles. The van der Waals surface area contributed by atoms with Gasteiger partial charge in [0.2, 0.25) is 11.8 Å².